The lowest BCUT2D eigenvalue weighted by molar-refractivity contribution is 0.0749. The summed E-state index contributed by atoms with van der Waals surface area (Å²) in [5.74, 6) is 1.56. The Bertz CT molecular complexity index is 209. The first-order valence-electron chi connectivity index (χ1n) is 7.60. The van der Waals surface area contributed by atoms with Gasteiger partial charge in [-0.05, 0) is 51.6 Å². The quantitative estimate of drug-likeness (QED) is 0.675. The first-order chi connectivity index (χ1) is 8.63. The molecule has 2 unspecified atom stereocenters. The zero-order chi connectivity index (χ0) is 13.4. The minimum Gasteiger partial charge on any atom is -0.380 e. The fraction of sp³-hybridized carbons (Fsp3) is 1.00. The Hall–Kier alpha value is -0.120. The van der Waals surface area contributed by atoms with Crippen molar-refractivity contribution in [3.8, 4) is 0 Å². The summed E-state index contributed by atoms with van der Waals surface area (Å²) in [4.78, 5) is 2.57. The van der Waals surface area contributed by atoms with Gasteiger partial charge in [0.15, 0.2) is 0 Å². The van der Waals surface area contributed by atoms with Gasteiger partial charge in [-0.1, -0.05) is 13.8 Å². The summed E-state index contributed by atoms with van der Waals surface area (Å²) in [5, 5.41) is 3.39. The van der Waals surface area contributed by atoms with E-state index in [9.17, 15) is 0 Å². The van der Waals surface area contributed by atoms with Crippen molar-refractivity contribution >= 4 is 0 Å². The fourth-order valence-electron chi connectivity index (χ4n) is 2.55. The van der Waals surface area contributed by atoms with Crippen molar-refractivity contribution in [2.24, 2.45) is 11.8 Å². The van der Waals surface area contributed by atoms with E-state index in [1.54, 1.807) is 0 Å². The molecule has 2 atom stereocenters. The Labute approximate surface area is 113 Å². The Morgan fingerprint density at radius 2 is 2.06 bits per heavy atom. The first kappa shape index (κ1) is 15.9. The highest BCUT2D eigenvalue weighted by Crippen LogP contribution is 2.19. The molecule has 108 valence electrons. The van der Waals surface area contributed by atoms with Crippen LogP contribution in [0.3, 0.4) is 0 Å². The summed E-state index contributed by atoms with van der Waals surface area (Å²) in [5.41, 5.74) is 0. The molecule has 1 heterocycles. The largest absolute Gasteiger partial charge is 0.380 e. The van der Waals surface area contributed by atoms with Crippen LogP contribution in [-0.4, -0.2) is 50.8 Å². The molecule has 0 bridgehead atoms. The van der Waals surface area contributed by atoms with Gasteiger partial charge in [-0.25, -0.2) is 0 Å². The van der Waals surface area contributed by atoms with Crippen LogP contribution in [0.25, 0.3) is 0 Å². The van der Waals surface area contributed by atoms with Crippen LogP contribution in [0.1, 0.15) is 40.0 Å². The highest BCUT2D eigenvalue weighted by Gasteiger charge is 2.23. The van der Waals surface area contributed by atoms with E-state index in [1.165, 1.54) is 32.4 Å². The average Bonchev–Trinajstić information content (AvgIpc) is 2.37. The number of hydrogen-bond acceptors (Lipinski definition) is 3. The molecule has 1 fully saturated rings. The molecule has 0 aromatic rings. The number of nitrogens with zero attached hydrogens (tertiary/aromatic N) is 1. The van der Waals surface area contributed by atoms with Crippen LogP contribution in [0.2, 0.25) is 0 Å². The van der Waals surface area contributed by atoms with Crippen molar-refractivity contribution < 1.29 is 4.74 Å². The second kappa shape index (κ2) is 8.89. The van der Waals surface area contributed by atoms with Gasteiger partial charge in [-0.15, -0.1) is 0 Å². The maximum atomic E-state index is 5.71. The average molecular weight is 256 g/mol. The lowest BCUT2D eigenvalue weighted by atomic mass is 9.92. The number of piperidine rings is 1. The molecule has 0 aromatic heterocycles. The van der Waals surface area contributed by atoms with Gasteiger partial charge in [-0.2, -0.15) is 0 Å². The zero-order valence-electron chi connectivity index (χ0n) is 12.7. The van der Waals surface area contributed by atoms with E-state index in [4.69, 9.17) is 4.74 Å². The van der Waals surface area contributed by atoms with E-state index in [1.807, 2.05) is 0 Å². The molecule has 1 rings (SSSR count). The molecular formula is C15H32N2O. The maximum absolute atomic E-state index is 5.71. The van der Waals surface area contributed by atoms with Crippen LogP contribution in [-0.2, 0) is 4.74 Å². The molecule has 0 aliphatic carbocycles. The predicted octanol–water partition coefficient (Wildman–Crippen LogP) is 2.37. The van der Waals surface area contributed by atoms with Crippen molar-refractivity contribution in [1.29, 1.82) is 0 Å². The van der Waals surface area contributed by atoms with E-state index in [0.29, 0.717) is 6.04 Å². The Balaban J connectivity index is 2.10. The van der Waals surface area contributed by atoms with Gasteiger partial charge in [0.05, 0.1) is 6.61 Å². The smallest absolute Gasteiger partial charge is 0.0593 e. The van der Waals surface area contributed by atoms with Crippen molar-refractivity contribution in [3.63, 3.8) is 0 Å². The summed E-state index contributed by atoms with van der Waals surface area (Å²) in [6.45, 7) is 12.2. The third-order valence-electron chi connectivity index (χ3n) is 4.10. The molecular weight excluding hydrogens is 224 g/mol. The monoisotopic (exact) mass is 256 g/mol. The van der Waals surface area contributed by atoms with Gasteiger partial charge in [0.2, 0.25) is 0 Å². The third kappa shape index (κ3) is 6.17. The summed E-state index contributed by atoms with van der Waals surface area (Å²) in [7, 11) is 2.07. The first-order valence-corrected chi connectivity index (χ1v) is 7.60. The van der Waals surface area contributed by atoms with Crippen LogP contribution < -0.4 is 5.32 Å². The number of hydrogen-bond donors (Lipinski definition) is 1. The maximum Gasteiger partial charge on any atom is 0.0593 e. The highest BCUT2D eigenvalue weighted by atomic mass is 16.5. The highest BCUT2D eigenvalue weighted by molar-refractivity contribution is 4.79. The van der Waals surface area contributed by atoms with Crippen molar-refractivity contribution in [2.75, 3.05) is 39.9 Å². The Morgan fingerprint density at radius 1 is 1.28 bits per heavy atom. The van der Waals surface area contributed by atoms with Gasteiger partial charge in [0.1, 0.15) is 0 Å². The van der Waals surface area contributed by atoms with Crippen molar-refractivity contribution in [2.45, 2.75) is 46.1 Å². The second-order valence-electron chi connectivity index (χ2n) is 6.08. The van der Waals surface area contributed by atoms with Gasteiger partial charge in [0.25, 0.3) is 0 Å². The van der Waals surface area contributed by atoms with Crippen LogP contribution in [0.15, 0.2) is 0 Å². The summed E-state index contributed by atoms with van der Waals surface area (Å²) >= 11 is 0. The number of ether oxygens (including phenoxy) is 1. The van der Waals surface area contributed by atoms with Crippen molar-refractivity contribution in [3.05, 3.63) is 0 Å². The second-order valence-corrected chi connectivity index (χ2v) is 6.08. The molecule has 3 nitrogen and oxygen atoms in total. The Kier molecular flexibility index (Phi) is 7.87. The zero-order valence-corrected chi connectivity index (χ0v) is 12.7. The minimum atomic E-state index is 0.634. The van der Waals surface area contributed by atoms with E-state index < -0.39 is 0 Å². The van der Waals surface area contributed by atoms with Gasteiger partial charge in [0, 0.05) is 25.7 Å². The normalized spacial score (nSPS) is 23.5. The van der Waals surface area contributed by atoms with E-state index in [-0.39, 0.29) is 0 Å². The number of nitrogens with one attached hydrogen (secondary N) is 1. The van der Waals surface area contributed by atoms with Crippen LogP contribution in [0.5, 0.6) is 0 Å². The minimum absolute atomic E-state index is 0.634. The third-order valence-corrected chi connectivity index (χ3v) is 4.10. The number of likely N-dealkylation sites (tertiary alicyclic amines) is 1. The molecule has 0 amide bonds. The van der Waals surface area contributed by atoms with E-state index in [0.717, 1.165) is 31.6 Å². The molecule has 0 spiro atoms. The summed E-state index contributed by atoms with van der Waals surface area (Å²) in [6.07, 6.45) is 3.88. The molecule has 0 radical (unpaired) electrons. The number of rotatable bonds is 8. The van der Waals surface area contributed by atoms with Gasteiger partial charge < -0.3 is 15.0 Å². The lowest BCUT2D eigenvalue weighted by Crippen LogP contribution is -2.44. The molecule has 18 heavy (non-hydrogen) atoms. The van der Waals surface area contributed by atoms with Crippen LogP contribution in [0, 0.1) is 11.8 Å². The molecule has 1 N–H and O–H groups in total. The van der Waals surface area contributed by atoms with Crippen LogP contribution >= 0.6 is 0 Å². The summed E-state index contributed by atoms with van der Waals surface area (Å²) < 4.78 is 5.71. The molecule has 1 aliphatic heterocycles. The van der Waals surface area contributed by atoms with Crippen molar-refractivity contribution in [1.82, 2.24) is 10.2 Å². The SMILES string of the molecule is CNC(C)C1CCCN(CCOCCC(C)C)C1. The molecule has 1 aliphatic rings. The van der Waals surface area contributed by atoms with Gasteiger partial charge in [-0.3, -0.25) is 0 Å². The molecule has 0 saturated carbocycles. The van der Waals surface area contributed by atoms with Gasteiger partial charge >= 0.3 is 0 Å². The fourth-order valence-corrected chi connectivity index (χ4v) is 2.55. The topological polar surface area (TPSA) is 24.5 Å². The summed E-state index contributed by atoms with van der Waals surface area (Å²) in [6, 6.07) is 0.634. The Morgan fingerprint density at radius 3 is 2.72 bits per heavy atom. The molecule has 3 heteroatoms. The standard InChI is InChI=1S/C15H32N2O/c1-13(2)7-10-18-11-9-17-8-5-6-15(12-17)14(3)16-4/h13-16H,5-12H2,1-4H3. The molecule has 0 aromatic carbocycles. The van der Waals surface area contributed by atoms with E-state index >= 15 is 0 Å². The lowest BCUT2D eigenvalue weighted by Gasteiger charge is -2.35. The molecule has 1 saturated heterocycles. The predicted molar refractivity (Wildman–Crippen MR) is 78.0 cm³/mol. The van der Waals surface area contributed by atoms with E-state index in [2.05, 4.69) is 38.0 Å². The van der Waals surface area contributed by atoms with Crippen LogP contribution in [0.4, 0.5) is 0 Å².